The third-order valence-electron chi connectivity index (χ3n) is 4.12. The Bertz CT molecular complexity index is 720. The first-order valence-corrected chi connectivity index (χ1v) is 10.3. The van der Waals surface area contributed by atoms with Gasteiger partial charge in [0.2, 0.25) is 11.8 Å². The molecule has 0 aliphatic carbocycles. The van der Waals surface area contributed by atoms with E-state index >= 15 is 0 Å². The van der Waals surface area contributed by atoms with E-state index in [1.165, 1.54) is 0 Å². The lowest BCUT2D eigenvalue weighted by molar-refractivity contribution is -0.140. The van der Waals surface area contributed by atoms with Gasteiger partial charge in [-0.15, -0.1) is 11.8 Å². The van der Waals surface area contributed by atoms with Crippen LogP contribution in [0.25, 0.3) is 0 Å². The van der Waals surface area contributed by atoms with Gasteiger partial charge in [0.25, 0.3) is 0 Å². The zero-order chi connectivity index (χ0) is 19.6. The van der Waals surface area contributed by atoms with Gasteiger partial charge in [-0.3, -0.25) is 9.59 Å². The number of rotatable bonds is 9. The largest absolute Gasteiger partial charge is 0.352 e. The van der Waals surface area contributed by atoms with Gasteiger partial charge in [-0.05, 0) is 38.5 Å². The van der Waals surface area contributed by atoms with E-state index in [0.29, 0.717) is 18.7 Å². The van der Waals surface area contributed by atoms with Crippen molar-refractivity contribution in [3.63, 3.8) is 0 Å². The summed E-state index contributed by atoms with van der Waals surface area (Å²) in [4.78, 5) is 28.2. The van der Waals surface area contributed by atoms with E-state index in [0.717, 1.165) is 10.5 Å². The maximum atomic E-state index is 12.9. The van der Waals surface area contributed by atoms with Gasteiger partial charge >= 0.3 is 0 Å². The van der Waals surface area contributed by atoms with Gasteiger partial charge < -0.3 is 10.2 Å². The van der Waals surface area contributed by atoms with Crippen molar-refractivity contribution in [1.29, 1.82) is 0 Å². The molecule has 4 nitrogen and oxygen atoms in total. The summed E-state index contributed by atoms with van der Waals surface area (Å²) in [5.41, 5.74) is 1.02. The molecule has 0 heterocycles. The number of carbonyl (C=O) groups excluding carboxylic acids is 2. The smallest absolute Gasteiger partial charge is 0.242 e. The Morgan fingerprint density at radius 3 is 2.15 bits per heavy atom. The van der Waals surface area contributed by atoms with Gasteiger partial charge in [0.1, 0.15) is 6.04 Å². The van der Waals surface area contributed by atoms with Crippen LogP contribution in [0.3, 0.4) is 0 Å². The van der Waals surface area contributed by atoms with E-state index < -0.39 is 6.04 Å². The molecule has 27 heavy (non-hydrogen) atoms. The Hall–Kier alpha value is -2.27. The Kier molecular flexibility index (Phi) is 8.40. The van der Waals surface area contributed by atoms with Crippen molar-refractivity contribution in [2.24, 2.45) is 0 Å². The number of hydrogen-bond acceptors (Lipinski definition) is 3. The molecule has 0 aromatic heterocycles. The van der Waals surface area contributed by atoms with E-state index in [1.807, 2.05) is 74.5 Å². The Balaban J connectivity index is 2.03. The predicted molar refractivity (Wildman–Crippen MR) is 112 cm³/mol. The summed E-state index contributed by atoms with van der Waals surface area (Å²) in [6, 6.07) is 19.4. The highest BCUT2D eigenvalue weighted by Gasteiger charge is 2.26. The van der Waals surface area contributed by atoms with Crippen molar-refractivity contribution < 1.29 is 9.59 Å². The van der Waals surface area contributed by atoms with E-state index in [-0.39, 0.29) is 17.9 Å². The van der Waals surface area contributed by atoms with Crippen molar-refractivity contribution in [1.82, 2.24) is 10.2 Å². The number of thioether (sulfide) groups is 1. The van der Waals surface area contributed by atoms with Gasteiger partial charge in [0.05, 0.1) is 0 Å². The van der Waals surface area contributed by atoms with Crippen LogP contribution in [0.5, 0.6) is 0 Å². The van der Waals surface area contributed by atoms with Crippen LogP contribution in [0.1, 0.15) is 32.8 Å². The fraction of sp³-hybridized carbons (Fsp3) is 0.364. The second-order valence-corrected chi connectivity index (χ2v) is 7.93. The number of nitrogens with one attached hydrogen (secondary N) is 1. The van der Waals surface area contributed by atoms with Crippen molar-refractivity contribution in [3.05, 3.63) is 66.2 Å². The second-order valence-electron chi connectivity index (χ2n) is 6.76. The number of amides is 2. The second kappa shape index (κ2) is 10.8. The standard InChI is InChI=1S/C22H28N2O2S/c1-17(2)23-22(26)18(3)24(16-19-10-6-4-7-11-19)21(25)14-15-27-20-12-8-5-9-13-20/h4-13,17-18H,14-16H2,1-3H3,(H,23,26). The van der Waals surface area contributed by atoms with E-state index in [1.54, 1.807) is 23.6 Å². The monoisotopic (exact) mass is 384 g/mol. The summed E-state index contributed by atoms with van der Waals surface area (Å²) in [6.07, 6.45) is 0.395. The van der Waals surface area contributed by atoms with Crippen molar-refractivity contribution >= 4 is 23.6 Å². The third-order valence-corrected chi connectivity index (χ3v) is 5.14. The van der Waals surface area contributed by atoms with Gasteiger partial charge in [-0.1, -0.05) is 48.5 Å². The van der Waals surface area contributed by atoms with E-state index in [2.05, 4.69) is 5.32 Å². The highest BCUT2D eigenvalue weighted by Crippen LogP contribution is 2.19. The molecule has 2 rings (SSSR count). The molecule has 144 valence electrons. The first-order valence-electron chi connectivity index (χ1n) is 9.29. The average molecular weight is 385 g/mol. The Morgan fingerprint density at radius 2 is 1.56 bits per heavy atom. The van der Waals surface area contributed by atoms with E-state index in [4.69, 9.17) is 0 Å². The molecule has 0 saturated heterocycles. The molecule has 2 amide bonds. The number of benzene rings is 2. The maximum Gasteiger partial charge on any atom is 0.242 e. The summed E-state index contributed by atoms with van der Waals surface area (Å²) in [7, 11) is 0. The van der Waals surface area contributed by atoms with Crippen LogP contribution in [0.2, 0.25) is 0 Å². The molecule has 2 aromatic carbocycles. The maximum absolute atomic E-state index is 12.9. The Morgan fingerprint density at radius 1 is 0.963 bits per heavy atom. The number of carbonyl (C=O) groups is 2. The molecule has 0 bridgehead atoms. The SMILES string of the molecule is CC(C)NC(=O)C(C)N(Cc1ccccc1)C(=O)CCSc1ccccc1. The Labute approximate surface area is 166 Å². The number of nitrogens with zero attached hydrogens (tertiary/aromatic N) is 1. The molecule has 0 radical (unpaired) electrons. The molecule has 1 unspecified atom stereocenters. The topological polar surface area (TPSA) is 49.4 Å². The normalized spacial score (nSPS) is 11.9. The fourth-order valence-electron chi connectivity index (χ4n) is 2.68. The van der Waals surface area contributed by atoms with Crippen LogP contribution in [0.4, 0.5) is 0 Å². The molecule has 2 aromatic rings. The first-order chi connectivity index (χ1) is 13.0. The summed E-state index contributed by atoms with van der Waals surface area (Å²) < 4.78 is 0. The quantitative estimate of drug-likeness (QED) is 0.662. The van der Waals surface area contributed by atoms with Crippen molar-refractivity contribution in [3.8, 4) is 0 Å². The van der Waals surface area contributed by atoms with E-state index in [9.17, 15) is 9.59 Å². The van der Waals surface area contributed by atoms with Crippen molar-refractivity contribution in [2.75, 3.05) is 5.75 Å². The molecule has 0 aliphatic heterocycles. The fourth-order valence-corrected chi connectivity index (χ4v) is 3.55. The number of hydrogen-bond donors (Lipinski definition) is 1. The molecule has 0 aliphatic rings. The van der Waals surface area contributed by atoms with Crippen LogP contribution >= 0.6 is 11.8 Å². The molecular formula is C22H28N2O2S. The molecule has 5 heteroatoms. The lowest BCUT2D eigenvalue weighted by Gasteiger charge is -2.29. The highest BCUT2D eigenvalue weighted by molar-refractivity contribution is 7.99. The lowest BCUT2D eigenvalue weighted by Crippen LogP contribution is -2.49. The molecular weight excluding hydrogens is 356 g/mol. The van der Waals surface area contributed by atoms with Crippen LogP contribution in [0.15, 0.2) is 65.6 Å². The van der Waals surface area contributed by atoms with Crippen LogP contribution in [0, 0.1) is 0 Å². The highest BCUT2D eigenvalue weighted by atomic mass is 32.2. The van der Waals surface area contributed by atoms with Crippen molar-refractivity contribution in [2.45, 2.75) is 50.7 Å². The minimum atomic E-state index is -0.512. The molecule has 1 N–H and O–H groups in total. The lowest BCUT2D eigenvalue weighted by atomic mass is 10.1. The predicted octanol–water partition coefficient (Wildman–Crippen LogP) is 4.11. The summed E-state index contributed by atoms with van der Waals surface area (Å²) in [5.74, 6) is 0.561. The zero-order valence-electron chi connectivity index (χ0n) is 16.2. The zero-order valence-corrected chi connectivity index (χ0v) is 17.0. The van der Waals surface area contributed by atoms with Gasteiger partial charge in [0, 0.05) is 29.7 Å². The average Bonchev–Trinajstić information content (AvgIpc) is 2.66. The van der Waals surface area contributed by atoms with Gasteiger partial charge in [0.15, 0.2) is 0 Å². The molecule has 0 saturated carbocycles. The molecule has 0 fully saturated rings. The molecule has 1 atom stereocenters. The van der Waals surface area contributed by atoms with Crippen LogP contribution in [-0.2, 0) is 16.1 Å². The summed E-state index contributed by atoms with van der Waals surface area (Å²) >= 11 is 1.66. The summed E-state index contributed by atoms with van der Waals surface area (Å²) in [5, 5.41) is 2.91. The minimum absolute atomic E-state index is 0.00584. The molecule has 0 spiro atoms. The minimum Gasteiger partial charge on any atom is -0.352 e. The third kappa shape index (κ3) is 7.10. The first kappa shape index (κ1) is 21.0. The van der Waals surface area contributed by atoms with Gasteiger partial charge in [-0.2, -0.15) is 0 Å². The van der Waals surface area contributed by atoms with Crippen LogP contribution in [-0.4, -0.2) is 34.6 Å². The van der Waals surface area contributed by atoms with Gasteiger partial charge in [-0.25, -0.2) is 0 Å². The van der Waals surface area contributed by atoms with Crippen LogP contribution < -0.4 is 5.32 Å². The summed E-state index contributed by atoms with van der Waals surface area (Å²) in [6.45, 7) is 6.07.